The predicted molar refractivity (Wildman–Crippen MR) is 54.0 cm³/mol. The second-order valence-electron chi connectivity index (χ2n) is 3.86. The van der Waals surface area contributed by atoms with Crippen LogP contribution in [0.4, 0.5) is 18.9 Å². The molecule has 1 fully saturated rings. The van der Waals surface area contributed by atoms with Gasteiger partial charge in [-0.2, -0.15) is 13.2 Å². The van der Waals surface area contributed by atoms with Gasteiger partial charge >= 0.3 is 6.18 Å². The first-order valence-electron chi connectivity index (χ1n) is 5.10. The first-order chi connectivity index (χ1) is 7.48. The van der Waals surface area contributed by atoms with Crippen LogP contribution < -0.4 is 4.90 Å². The molecule has 0 amide bonds. The van der Waals surface area contributed by atoms with E-state index in [2.05, 4.69) is 0 Å². The van der Waals surface area contributed by atoms with Crippen molar-refractivity contribution >= 4 is 5.69 Å². The number of nitrogens with zero attached hydrogens (tertiary/aromatic N) is 1. The van der Waals surface area contributed by atoms with Crippen LogP contribution in [0, 0.1) is 0 Å². The van der Waals surface area contributed by atoms with E-state index in [0.29, 0.717) is 18.7 Å². The molecule has 1 aromatic rings. The number of aliphatic hydroxyl groups is 1. The minimum absolute atomic E-state index is 0.572. The topological polar surface area (TPSA) is 23.5 Å². The van der Waals surface area contributed by atoms with E-state index in [1.807, 2.05) is 0 Å². The Kier molecular flexibility index (Phi) is 2.80. The summed E-state index contributed by atoms with van der Waals surface area (Å²) in [5, 5.41) is 9.58. The van der Waals surface area contributed by atoms with Crippen LogP contribution in [0.1, 0.15) is 18.4 Å². The number of hydrogen-bond acceptors (Lipinski definition) is 2. The molecule has 1 aliphatic rings. The Hall–Kier alpha value is -1.23. The van der Waals surface area contributed by atoms with E-state index >= 15 is 0 Å². The number of anilines is 1. The van der Waals surface area contributed by atoms with Crippen LogP contribution in [0.15, 0.2) is 24.3 Å². The summed E-state index contributed by atoms with van der Waals surface area (Å²) >= 11 is 0. The minimum atomic E-state index is -4.30. The second kappa shape index (κ2) is 3.97. The van der Waals surface area contributed by atoms with Crippen molar-refractivity contribution in [2.45, 2.75) is 25.2 Å². The molecule has 1 N–H and O–H groups in total. The lowest BCUT2D eigenvalue weighted by Gasteiger charge is -2.22. The fraction of sp³-hybridized carbons (Fsp3) is 0.455. The Morgan fingerprint density at radius 3 is 2.25 bits per heavy atom. The van der Waals surface area contributed by atoms with Crippen LogP contribution in [0.3, 0.4) is 0 Å². The molecule has 1 atom stereocenters. The largest absolute Gasteiger partial charge is 0.416 e. The summed E-state index contributed by atoms with van der Waals surface area (Å²) in [6, 6.07) is 4.88. The molecule has 0 spiro atoms. The number of alkyl halides is 3. The summed E-state index contributed by atoms with van der Waals surface area (Å²) < 4.78 is 36.9. The van der Waals surface area contributed by atoms with E-state index in [0.717, 1.165) is 18.6 Å². The Morgan fingerprint density at radius 1 is 1.19 bits per heavy atom. The van der Waals surface area contributed by atoms with Gasteiger partial charge in [-0.25, -0.2) is 0 Å². The van der Waals surface area contributed by atoms with E-state index in [1.54, 1.807) is 4.90 Å². The molecule has 1 saturated heterocycles. The quantitative estimate of drug-likeness (QED) is 0.803. The molecule has 5 heteroatoms. The second-order valence-corrected chi connectivity index (χ2v) is 3.86. The van der Waals surface area contributed by atoms with Crippen molar-refractivity contribution in [3.63, 3.8) is 0 Å². The lowest BCUT2D eigenvalue weighted by atomic mass is 10.2. The van der Waals surface area contributed by atoms with Crippen LogP contribution >= 0.6 is 0 Å². The monoisotopic (exact) mass is 231 g/mol. The van der Waals surface area contributed by atoms with Crippen molar-refractivity contribution in [3.8, 4) is 0 Å². The van der Waals surface area contributed by atoms with Gasteiger partial charge in [0.25, 0.3) is 0 Å². The highest BCUT2D eigenvalue weighted by atomic mass is 19.4. The smallest absolute Gasteiger partial charge is 0.374 e. The van der Waals surface area contributed by atoms with Crippen LogP contribution in [0.2, 0.25) is 0 Å². The third kappa shape index (κ3) is 2.14. The Labute approximate surface area is 91.3 Å². The van der Waals surface area contributed by atoms with Gasteiger partial charge in [-0.15, -0.1) is 0 Å². The van der Waals surface area contributed by atoms with Crippen molar-refractivity contribution in [2.24, 2.45) is 0 Å². The van der Waals surface area contributed by atoms with Crippen molar-refractivity contribution in [2.75, 3.05) is 11.4 Å². The van der Waals surface area contributed by atoms with Crippen molar-refractivity contribution in [3.05, 3.63) is 29.8 Å². The predicted octanol–water partition coefficient (Wildman–Crippen LogP) is 2.62. The lowest BCUT2D eigenvalue weighted by Crippen LogP contribution is -2.28. The van der Waals surface area contributed by atoms with Gasteiger partial charge in [-0.3, -0.25) is 0 Å². The van der Waals surface area contributed by atoms with Crippen LogP contribution in [-0.2, 0) is 6.18 Å². The van der Waals surface area contributed by atoms with Crippen LogP contribution in [0.5, 0.6) is 0 Å². The highest BCUT2D eigenvalue weighted by molar-refractivity contribution is 5.49. The van der Waals surface area contributed by atoms with Gasteiger partial charge in [0.1, 0.15) is 6.23 Å². The van der Waals surface area contributed by atoms with Gasteiger partial charge in [0.2, 0.25) is 0 Å². The summed E-state index contributed by atoms with van der Waals surface area (Å²) in [5.41, 5.74) is -0.0251. The summed E-state index contributed by atoms with van der Waals surface area (Å²) in [7, 11) is 0. The average Bonchev–Trinajstić information content (AvgIpc) is 2.63. The maximum atomic E-state index is 12.3. The molecule has 88 valence electrons. The van der Waals surface area contributed by atoms with Gasteiger partial charge in [-0.05, 0) is 37.1 Å². The standard InChI is InChI=1S/C11H12F3NO/c12-11(13,14)8-3-5-9(6-4-8)15-7-1-2-10(15)16/h3-6,10,16H,1-2,7H2. The van der Waals surface area contributed by atoms with E-state index in [-0.39, 0.29) is 0 Å². The molecule has 0 radical (unpaired) electrons. The molecular formula is C11H12F3NO. The molecule has 1 aromatic carbocycles. The van der Waals surface area contributed by atoms with Crippen molar-refractivity contribution < 1.29 is 18.3 Å². The molecule has 16 heavy (non-hydrogen) atoms. The van der Waals surface area contributed by atoms with Crippen molar-refractivity contribution in [1.82, 2.24) is 0 Å². The summed E-state index contributed by atoms with van der Waals surface area (Å²) in [5.74, 6) is 0. The molecule has 1 aliphatic heterocycles. The van der Waals surface area contributed by atoms with Gasteiger partial charge in [0, 0.05) is 12.2 Å². The third-order valence-corrected chi connectivity index (χ3v) is 2.75. The Balaban J connectivity index is 2.19. The zero-order valence-corrected chi connectivity index (χ0v) is 8.54. The van der Waals surface area contributed by atoms with E-state index < -0.39 is 18.0 Å². The minimum Gasteiger partial charge on any atom is -0.374 e. The molecule has 0 saturated carbocycles. The number of benzene rings is 1. The average molecular weight is 231 g/mol. The summed E-state index contributed by atoms with van der Waals surface area (Å²) in [6.07, 6.45) is -3.34. The number of hydrogen-bond donors (Lipinski definition) is 1. The summed E-state index contributed by atoms with van der Waals surface area (Å²) in [6.45, 7) is 0.687. The molecule has 0 bridgehead atoms. The number of aliphatic hydroxyl groups excluding tert-OH is 1. The fourth-order valence-electron chi connectivity index (χ4n) is 1.89. The molecule has 2 rings (SSSR count). The number of halogens is 3. The highest BCUT2D eigenvalue weighted by Crippen LogP contribution is 2.31. The van der Waals surface area contributed by atoms with Crippen LogP contribution in [-0.4, -0.2) is 17.9 Å². The fourth-order valence-corrected chi connectivity index (χ4v) is 1.89. The van der Waals surface area contributed by atoms with E-state index in [1.165, 1.54) is 12.1 Å². The first kappa shape index (κ1) is 11.3. The molecular weight excluding hydrogens is 219 g/mol. The molecule has 0 aliphatic carbocycles. The SMILES string of the molecule is OC1CCCN1c1ccc(C(F)(F)F)cc1. The zero-order valence-electron chi connectivity index (χ0n) is 8.54. The van der Waals surface area contributed by atoms with Gasteiger partial charge in [-0.1, -0.05) is 0 Å². The maximum absolute atomic E-state index is 12.3. The maximum Gasteiger partial charge on any atom is 0.416 e. The Bertz CT molecular complexity index is 360. The zero-order chi connectivity index (χ0) is 11.8. The van der Waals surface area contributed by atoms with E-state index in [9.17, 15) is 18.3 Å². The molecule has 1 heterocycles. The van der Waals surface area contributed by atoms with Crippen LogP contribution in [0.25, 0.3) is 0 Å². The first-order valence-corrected chi connectivity index (χ1v) is 5.10. The molecule has 0 aromatic heterocycles. The highest BCUT2D eigenvalue weighted by Gasteiger charge is 2.30. The molecule has 2 nitrogen and oxygen atoms in total. The van der Waals surface area contributed by atoms with Gasteiger partial charge in [0.15, 0.2) is 0 Å². The van der Waals surface area contributed by atoms with Gasteiger partial charge < -0.3 is 10.0 Å². The summed E-state index contributed by atoms with van der Waals surface area (Å²) in [4.78, 5) is 1.71. The Morgan fingerprint density at radius 2 is 1.81 bits per heavy atom. The third-order valence-electron chi connectivity index (χ3n) is 2.75. The van der Waals surface area contributed by atoms with Crippen molar-refractivity contribution in [1.29, 1.82) is 0 Å². The lowest BCUT2D eigenvalue weighted by molar-refractivity contribution is -0.137. The molecule has 1 unspecified atom stereocenters. The van der Waals surface area contributed by atoms with E-state index in [4.69, 9.17) is 0 Å². The number of rotatable bonds is 1. The normalized spacial score (nSPS) is 21.5. The van der Waals surface area contributed by atoms with Gasteiger partial charge in [0.05, 0.1) is 5.56 Å².